The summed E-state index contributed by atoms with van der Waals surface area (Å²) >= 11 is 1.63. The molecule has 3 fully saturated rings. The Morgan fingerprint density at radius 3 is 2.53 bits per heavy atom. The van der Waals surface area contributed by atoms with Crippen molar-refractivity contribution in [3.8, 4) is 11.3 Å². The summed E-state index contributed by atoms with van der Waals surface area (Å²) in [4.78, 5) is 22.8. The third kappa shape index (κ3) is 4.15. The first kappa shape index (κ1) is 21.9. The van der Waals surface area contributed by atoms with Crippen LogP contribution in [0, 0.1) is 6.92 Å². The second kappa shape index (κ2) is 9.19. The van der Waals surface area contributed by atoms with Crippen LogP contribution >= 0.6 is 11.3 Å². The number of piperazine rings is 1. The van der Waals surface area contributed by atoms with Gasteiger partial charge in [0.05, 0.1) is 0 Å². The van der Waals surface area contributed by atoms with Gasteiger partial charge in [0.15, 0.2) is 5.82 Å². The van der Waals surface area contributed by atoms with Crippen molar-refractivity contribution in [3.63, 3.8) is 0 Å². The maximum atomic E-state index is 12.7. The van der Waals surface area contributed by atoms with E-state index in [1.165, 1.54) is 31.2 Å². The molecule has 1 atom stereocenters. The number of benzene rings is 1. The van der Waals surface area contributed by atoms with Gasteiger partial charge in [0.2, 0.25) is 10.1 Å². The second-order valence-electron chi connectivity index (χ2n) is 9.69. The standard InChI is InChI=1S/C25H32N6O2S/c1-17-8-10-18(11-9-17)21-22(26-19-5-2-3-6-19)31-24(27-21)34-25(28-31)30-14-12-29(13-15-30)23(32)20-7-4-16-33-20/h8-11,19-20,26H,2-7,12-16H2,1H3. The maximum absolute atomic E-state index is 12.7. The van der Waals surface area contributed by atoms with Gasteiger partial charge in [-0.2, -0.15) is 4.52 Å². The van der Waals surface area contributed by atoms with Crippen LogP contribution in [-0.2, 0) is 9.53 Å². The summed E-state index contributed by atoms with van der Waals surface area (Å²) in [6.07, 6.45) is 6.53. The fourth-order valence-electron chi connectivity index (χ4n) is 5.27. The number of carbonyl (C=O) groups is 1. The fraction of sp³-hybridized carbons (Fsp3) is 0.560. The summed E-state index contributed by atoms with van der Waals surface area (Å²) < 4.78 is 7.59. The van der Waals surface area contributed by atoms with Crippen LogP contribution in [0.15, 0.2) is 24.3 Å². The quantitative estimate of drug-likeness (QED) is 0.596. The Balaban J connectivity index is 1.24. The van der Waals surface area contributed by atoms with Gasteiger partial charge in [-0.15, -0.1) is 5.10 Å². The normalized spacial score (nSPS) is 21.6. The largest absolute Gasteiger partial charge is 0.368 e. The molecule has 4 heterocycles. The van der Waals surface area contributed by atoms with Crippen LogP contribution in [-0.4, -0.2) is 70.3 Å². The molecule has 1 aromatic carbocycles. The number of carbonyl (C=O) groups excluding carboxylic acids is 1. The summed E-state index contributed by atoms with van der Waals surface area (Å²) in [6, 6.07) is 9.04. The topological polar surface area (TPSA) is 75.0 Å². The Morgan fingerprint density at radius 1 is 1.06 bits per heavy atom. The summed E-state index contributed by atoms with van der Waals surface area (Å²) in [6.45, 7) is 5.80. The van der Waals surface area contributed by atoms with E-state index in [2.05, 4.69) is 41.4 Å². The van der Waals surface area contributed by atoms with Crippen LogP contribution in [0.1, 0.15) is 44.1 Å². The lowest BCUT2D eigenvalue weighted by Gasteiger charge is -2.35. The third-order valence-electron chi connectivity index (χ3n) is 7.28. The fourth-order valence-corrected chi connectivity index (χ4v) is 6.22. The predicted molar refractivity (Wildman–Crippen MR) is 135 cm³/mol. The first-order valence-corrected chi connectivity index (χ1v) is 13.4. The van der Waals surface area contributed by atoms with Crippen molar-refractivity contribution in [3.05, 3.63) is 29.8 Å². The number of aryl methyl sites for hydroxylation is 1. The van der Waals surface area contributed by atoms with E-state index in [4.69, 9.17) is 14.8 Å². The second-order valence-corrected chi connectivity index (χ2v) is 10.6. The van der Waals surface area contributed by atoms with Crippen LogP contribution in [0.5, 0.6) is 0 Å². The molecular formula is C25H32N6O2S. The number of hydrogen-bond acceptors (Lipinski definition) is 7. The van der Waals surface area contributed by atoms with E-state index in [1.54, 1.807) is 11.3 Å². The molecule has 0 spiro atoms. The molecule has 2 aliphatic heterocycles. The molecule has 9 heteroatoms. The number of aromatic nitrogens is 3. The molecule has 34 heavy (non-hydrogen) atoms. The van der Waals surface area contributed by atoms with Crippen LogP contribution in [0.2, 0.25) is 0 Å². The van der Waals surface area contributed by atoms with Crippen molar-refractivity contribution in [2.24, 2.45) is 0 Å². The van der Waals surface area contributed by atoms with Gasteiger partial charge >= 0.3 is 0 Å². The molecule has 6 rings (SSSR count). The van der Waals surface area contributed by atoms with E-state index < -0.39 is 0 Å². The Hall–Kier alpha value is -2.65. The Kier molecular flexibility index (Phi) is 5.90. The number of rotatable bonds is 5. The Morgan fingerprint density at radius 2 is 1.82 bits per heavy atom. The molecule has 2 saturated heterocycles. The van der Waals surface area contributed by atoms with Gasteiger partial charge in [-0.05, 0) is 32.6 Å². The molecule has 3 aromatic rings. The minimum Gasteiger partial charge on any atom is -0.368 e. The lowest BCUT2D eigenvalue weighted by molar-refractivity contribution is -0.141. The van der Waals surface area contributed by atoms with Crippen LogP contribution in [0.25, 0.3) is 16.2 Å². The van der Waals surface area contributed by atoms with Crippen LogP contribution in [0.4, 0.5) is 10.9 Å². The summed E-state index contributed by atoms with van der Waals surface area (Å²) in [5.74, 6) is 1.15. The first-order valence-electron chi connectivity index (χ1n) is 12.5. The molecule has 1 amide bonds. The summed E-state index contributed by atoms with van der Waals surface area (Å²) in [5, 5.41) is 9.74. The van der Waals surface area contributed by atoms with Crippen molar-refractivity contribution in [2.75, 3.05) is 43.0 Å². The lowest BCUT2D eigenvalue weighted by Crippen LogP contribution is -2.51. The minimum absolute atomic E-state index is 0.150. The zero-order valence-electron chi connectivity index (χ0n) is 19.7. The average Bonchev–Trinajstić information content (AvgIpc) is 3.66. The number of imidazole rings is 1. The zero-order chi connectivity index (χ0) is 23.1. The maximum Gasteiger partial charge on any atom is 0.251 e. The summed E-state index contributed by atoms with van der Waals surface area (Å²) in [5.41, 5.74) is 3.34. The number of hydrogen-bond donors (Lipinski definition) is 1. The van der Waals surface area contributed by atoms with E-state index in [0.717, 1.165) is 53.1 Å². The molecular weight excluding hydrogens is 448 g/mol. The minimum atomic E-state index is -0.237. The molecule has 8 nitrogen and oxygen atoms in total. The molecule has 0 radical (unpaired) electrons. The van der Waals surface area contributed by atoms with Gasteiger partial charge in [0.25, 0.3) is 5.91 Å². The highest BCUT2D eigenvalue weighted by Gasteiger charge is 2.31. The van der Waals surface area contributed by atoms with Crippen LogP contribution < -0.4 is 10.2 Å². The van der Waals surface area contributed by atoms with Gasteiger partial charge in [0, 0.05) is 44.4 Å². The smallest absolute Gasteiger partial charge is 0.251 e. The van der Waals surface area contributed by atoms with Crippen molar-refractivity contribution in [1.29, 1.82) is 0 Å². The Bertz CT molecular complexity index is 1150. The predicted octanol–water partition coefficient (Wildman–Crippen LogP) is 3.95. The number of fused-ring (bicyclic) bond motifs is 1. The van der Waals surface area contributed by atoms with E-state index in [0.29, 0.717) is 25.7 Å². The molecule has 1 aliphatic carbocycles. The van der Waals surface area contributed by atoms with Gasteiger partial charge in [0.1, 0.15) is 11.8 Å². The molecule has 1 unspecified atom stereocenters. The monoisotopic (exact) mass is 480 g/mol. The molecule has 1 N–H and O–H groups in total. The van der Waals surface area contributed by atoms with E-state index in [9.17, 15) is 4.79 Å². The van der Waals surface area contributed by atoms with Gasteiger partial charge in [-0.3, -0.25) is 4.79 Å². The van der Waals surface area contributed by atoms with E-state index >= 15 is 0 Å². The van der Waals surface area contributed by atoms with E-state index in [1.807, 2.05) is 9.42 Å². The van der Waals surface area contributed by atoms with Crippen molar-refractivity contribution >= 4 is 33.2 Å². The van der Waals surface area contributed by atoms with E-state index in [-0.39, 0.29) is 12.0 Å². The molecule has 180 valence electrons. The van der Waals surface area contributed by atoms with Crippen molar-refractivity contribution < 1.29 is 9.53 Å². The van der Waals surface area contributed by atoms with Gasteiger partial charge in [-0.25, -0.2) is 4.98 Å². The average molecular weight is 481 g/mol. The molecule has 2 aromatic heterocycles. The number of ether oxygens (including phenoxy) is 1. The highest BCUT2D eigenvalue weighted by atomic mass is 32.1. The lowest BCUT2D eigenvalue weighted by atomic mass is 10.1. The van der Waals surface area contributed by atoms with Crippen molar-refractivity contribution in [2.45, 2.75) is 57.6 Å². The highest BCUT2D eigenvalue weighted by Crippen LogP contribution is 2.35. The summed E-state index contributed by atoms with van der Waals surface area (Å²) in [7, 11) is 0. The highest BCUT2D eigenvalue weighted by molar-refractivity contribution is 7.20. The molecule has 3 aliphatic rings. The third-order valence-corrected chi connectivity index (χ3v) is 8.25. The molecule has 1 saturated carbocycles. The molecule has 0 bridgehead atoms. The zero-order valence-corrected chi connectivity index (χ0v) is 20.5. The first-order chi connectivity index (χ1) is 16.7. The number of amides is 1. The SMILES string of the molecule is Cc1ccc(-c2nc3sc(N4CCN(C(=O)C5CCCO5)CC4)nn3c2NC2CCCC2)cc1. The van der Waals surface area contributed by atoms with Crippen LogP contribution in [0.3, 0.4) is 0 Å². The van der Waals surface area contributed by atoms with Crippen molar-refractivity contribution in [1.82, 2.24) is 19.5 Å². The van der Waals surface area contributed by atoms with Gasteiger partial charge < -0.3 is 19.9 Å². The van der Waals surface area contributed by atoms with Gasteiger partial charge in [-0.1, -0.05) is 54.0 Å². The number of nitrogens with zero attached hydrogens (tertiary/aromatic N) is 5. The number of anilines is 2. The Labute approximate surface area is 203 Å². The number of nitrogens with one attached hydrogen (secondary N) is 1.